The quantitative estimate of drug-likeness (QED) is 0.629. The minimum Gasteiger partial charge on any atom is -0.379 e. The van der Waals surface area contributed by atoms with E-state index in [0.29, 0.717) is 10.4 Å². The van der Waals surface area contributed by atoms with Crippen LogP contribution in [0.4, 0.5) is 11.5 Å². The number of rotatable bonds is 3. The molecule has 2 heterocycles. The number of pyridine rings is 1. The summed E-state index contributed by atoms with van der Waals surface area (Å²) in [5, 5.41) is 10.7. The number of ether oxygens (including phenoxy) is 1. The number of anilines is 1. The average molecular weight is 330 g/mol. The van der Waals surface area contributed by atoms with Crippen LogP contribution in [0.3, 0.4) is 0 Å². The van der Waals surface area contributed by atoms with Crippen molar-refractivity contribution in [2.24, 2.45) is 5.92 Å². The molecule has 0 N–H and O–H groups in total. The first-order chi connectivity index (χ1) is 9.02. The molecule has 0 radical (unpaired) electrons. The molecule has 0 spiro atoms. The van der Waals surface area contributed by atoms with Gasteiger partial charge in [0, 0.05) is 26.3 Å². The van der Waals surface area contributed by atoms with Gasteiger partial charge in [0.05, 0.1) is 15.5 Å². The van der Waals surface area contributed by atoms with E-state index in [9.17, 15) is 10.1 Å². The van der Waals surface area contributed by atoms with E-state index in [2.05, 4.69) is 32.7 Å². The van der Waals surface area contributed by atoms with Gasteiger partial charge in [0.25, 0.3) is 5.69 Å². The fourth-order valence-electron chi connectivity index (χ4n) is 2.29. The van der Waals surface area contributed by atoms with E-state index in [4.69, 9.17) is 4.74 Å². The lowest BCUT2D eigenvalue weighted by atomic mass is 9.96. The van der Waals surface area contributed by atoms with Crippen LogP contribution in [0.5, 0.6) is 0 Å². The lowest BCUT2D eigenvalue weighted by Crippen LogP contribution is -2.44. The van der Waals surface area contributed by atoms with E-state index in [1.165, 1.54) is 12.3 Å². The molecule has 104 valence electrons. The van der Waals surface area contributed by atoms with Crippen molar-refractivity contribution in [2.75, 3.05) is 25.1 Å². The molecule has 1 fully saturated rings. The molecule has 1 aromatic rings. The Balaban J connectivity index is 2.20. The standard InChI is InChI=1S/C12H16BrN3O3/c1-8-3-4-15(7-11(8)19-2)12-10(13)5-9(6-14-12)16(17)18/h5-6,8,11H,3-4,7H2,1-2H3. The van der Waals surface area contributed by atoms with E-state index >= 15 is 0 Å². The van der Waals surface area contributed by atoms with Gasteiger partial charge in [-0.25, -0.2) is 4.98 Å². The third-order valence-electron chi connectivity index (χ3n) is 3.51. The number of methoxy groups -OCH3 is 1. The Hall–Kier alpha value is -1.21. The van der Waals surface area contributed by atoms with E-state index in [1.807, 2.05) is 0 Å². The van der Waals surface area contributed by atoms with E-state index in [-0.39, 0.29) is 11.8 Å². The van der Waals surface area contributed by atoms with Crippen LogP contribution in [0.1, 0.15) is 13.3 Å². The van der Waals surface area contributed by atoms with Crippen LogP contribution < -0.4 is 4.90 Å². The van der Waals surface area contributed by atoms with Crippen LogP contribution in [0, 0.1) is 16.0 Å². The van der Waals surface area contributed by atoms with Crippen molar-refractivity contribution in [1.82, 2.24) is 4.98 Å². The van der Waals surface area contributed by atoms with Gasteiger partial charge in [-0.2, -0.15) is 0 Å². The normalized spacial score (nSPS) is 23.4. The minimum atomic E-state index is -0.447. The molecule has 0 aliphatic carbocycles. The van der Waals surface area contributed by atoms with Gasteiger partial charge in [-0.05, 0) is 28.3 Å². The molecule has 0 aromatic carbocycles. The maximum absolute atomic E-state index is 10.7. The molecule has 1 aromatic heterocycles. The number of halogens is 1. The van der Waals surface area contributed by atoms with Crippen LogP contribution >= 0.6 is 15.9 Å². The lowest BCUT2D eigenvalue weighted by Gasteiger charge is -2.37. The summed E-state index contributed by atoms with van der Waals surface area (Å²) in [5.41, 5.74) is -0.00991. The van der Waals surface area contributed by atoms with Crippen molar-refractivity contribution in [3.8, 4) is 0 Å². The van der Waals surface area contributed by atoms with Crippen LogP contribution in [-0.4, -0.2) is 36.2 Å². The van der Waals surface area contributed by atoms with Gasteiger partial charge >= 0.3 is 0 Å². The highest BCUT2D eigenvalue weighted by molar-refractivity contribution is 9.10. The first kappa shape index (κ1) is 14.2. The van der Waals surface area contributed by atoms with E-state index < -0.39 is 4.92 Å². The Kier molecular flexibility index (Phi) is 4.36. The summed E-state index contributed by atoms with van der Waals surface area (Å²) in [4.78, 5) is 16.5. The molecule has 19 heavy (non-hydrogen) atoms. The maximum Gasteiger partial charge on any atom is 0.288 e. The Morgan fingerprint density at radius 1 is 1.63 bits per heavy atom. The average Bonchev–Trinajstić information content (AvgIpc) is 2.39. The maximum atomic E-state index is 10.7. The molecule has 1 saturated heterocycles. The summed E-state index contributed by atoms with van der Waals surface area (Å²) >= 11 is 3.36. The van der Waals surface area contributed by atoms with E-state index in [1.54, 1.807) is 7.11 Å². The Morgan fingerprint density at radius 3 is 2.95 bits per heavy atom. The van der Waals surface area contributed by atoms with Crippen LogP contribution in [-0.2, 0) is 4.74 Å². The summed E-state index contributed by atoms with van der Waals surface area (Å²) < 4.78 is 6.11. The summed E-state index contributed by atoms with van der Waals surface area (Å²) in [5.74, 6) is 1.25. The van der Waals surface area contributed by atoms with Gasteiger partial charge in [0.15, 0.2) is 0 Å². The summed E-state index contributed by atoms with van der Waals surface area (Å²) in [6, 6.07) is 1.49. The number of hydrogen-bond acceptors (Lipinski definition) is 5. The fraction of sp³-hybridized carbons (Fsp3) is 0.583. The predicted octanol–water partition coefficient (Wildman–Crippen LogP) is 2.61. The third-order valence-corrected chi connectivity index (χ3v) is 4.09. The molecule has 0 amide bonds. The second-order valence-electron chi connectivity index (χ2n) is 4.74. The van der Waals surface area contributed by atoms with Crippen molar-refractivity contribution in [2.45, 2.75) is 19.4 Å². The number of hydrogen-bond donors (Lipinski definition) is 0. The Bertz CT molecular complexity index is 483. The first-order valence-corrected chi connectivity index (χ1v) is 6.90. The smallest absolute Gasteiger partial charge is 0.288 e. The summed E-state index contributed by atoms with van der Waals surface area (Å²) in [6.45, 7) is 3.80. The Morgan fingerprint density at radius 2 is 2.37 bits per heavy atom. The van der Waals surface area contributed by atoms with E-state index in [0.717, 1.165) is 25.3 Å². The number of nitro groups is 1. The number of piperidine rings is 1. The molecule has 2 unspecified atom stereocenters. The molecule has 0 saturated carbocycles. The van der Waals surface area contributed by atoms with Crippen LogP contribution in [0.2, 0.25) is 0 Å². The summed E-state index contributed by atoms with van der Waals surface area (Å²) in [7, 11) is 1.71. The number of nitrogens with zero attached hydrogens (tertiary/aromatic N) is 3. The monoisotopic (exact) mass is 329 g/mol. The van der Waals surface area contributed by atoms with Crippen molar-refractivity contribution in [3.05, 3.63) is 26.9 Å². The molecular weight excluding hydrogens is 314 g/mol. The molecule has 1 aliphatic heterocycles. The molecule has 2 atom stereocenters. The SMILES string of the molecule is COC1CN(c2ncc([N+](=O)[O-])cc2Br)CCC1C. The molecule has 7 heteroatoms. The Labute approximate surface area is 120 Å². The van der Waals surface area contributed by atoms with Crippen molar-refractivity contribution < 1.29 is 9.66 Å². The third kappa shape index (κ3) is 3.03. The zero-order chi connectivity index (χ0) is 14.0. The van der Waals surface area contributed by atoms with Gasteiger partial charge in [0.1, 0.15) is 12.0 Å². The molecule has 0 bridgehead atoms. The molecular formula is C12H16BrN3O3. The lowest BCUT2D eigenvalue weighted by molar-refractivity contribution is -0.385. The zero-order valence-electron chi connectivity index (χ0n) is 10.9. The largest absolute Gasteiger partial charge is 0.379 e. The van der Waals surface area contributed by atoms with Gasteiger partial charge in [-0.1, -0.05) is 6.92 Å². The second kappa shape index (κ2) is 5.83. The minimum absolute atomic E-state index is 0.00991. The van der Waals surface area contributed by atoms with Gasteiger partial charge in [-0.3, -0.25) is 10.1 Å². The van der Waals surface area contributed by atoms with Crippen molar-refractivity contribution >= 4 is 27.4 Å². The van der Waals surface area contributed by atoms with Crippen molar-refractivity contribution in [3.63, 3.8) is 0 Å². The van der Waals surface area contributed by atoms with Gasteiger partial charge in [0.2, 0.25) is 0 Å². The highest BCUT2D eigenvalue weighted by atomic mass is 79.9. The fourth-order valence-corrected chi connectivity index (χ4v) is 2.87. The first-order valence-electron chi connectivity index (χ1n) is 6.10. The highest BCUT2D eigenvalue weighted by Gasteiger charge is 2.28. The molecule has 2 rings (SSSR count). The highest BCUT2D eigenvalue weighted by Crippen LogP contribution is 2.31. The van der Waals surface area contributed by atoms with Crippen molar-refractivity contribution in [1.29, 1.82) is 0 Å². The van der Waals surface area contributed by atoms with Crippen LogP contribution in [0.25, 0.3) is 0 Å². The topological polar surface area (TPSA) is 68.5 Å². The molecule has 1 aliphatic rings. The van der Waals surface area contributed by atoms with Crippen LogP contribution in [0.15, 0.2) is 16.7 Å². The van der Waals surface area contributed by atoms with Gasteiger partial charge in [-0.15, -0.1) is 0 Å². The molecule has 6 nitrogen and oxygen atoms in total. The second-order valence-corrected chi connectivity index (χ2v) is 5.60. The van der Waals surface area contributed by atoms with Gasteiger partial charge < -0.3 is 9.64 Å². The zero-order valence-corrected chi connectivity index (χ0v) is 12.5. The summed E-state index contributed by atoms with van der Waals surface area (Å²) in [6.07, 6.45) is 2.47. The predicted molar refractivity (Wildman–Crippen MR) is 75.4 cm³/mol. The number of aromatic nitrogens is 1.